The van der Waals surface area contributed by atoms with Gasteiger partial charge in [-0.1, -0.05) is 0 Å². The third-order valence-corrected chi connectivity index (χ3v) is 3.44. The van der Waals surface area contributed by atoms with Gasteiger partial charge in [0, 0.05) is 13.1 Å². The van der Waals surface area contributed by atoms with E-state index in [2.05, 4.69) is 9.80 Å². The van der Waals surface area contributed by atoms with E-state index < -0.39 is 5.97 Å². The SMILES string of the molecule is O=C(O)CN1CCC(CN2CCCC2)C1. The maximum Gasteiger partial charge on any atom is 0.317 e. The summed E-state index contributed by atoms with van der Waals surface area (Å²) in [4.78, 5) is 15.1. The highest BCUT2D eigenvalue weighted by Gasteiger charge is 2.26. The van der Waals surface area contributed by atoms with E-state index in [1.165, 1.54) is 38.9 Å². The van der Waals surface area contributed by atoms with Crippen molar-refractivity contribution >= 4 is 5.97 Å². The molecular weight excluding hydrogens is 192 g/mol. The van der Waals surface area contributed by atoms with Crippen molar-refractivity contribution in [3.05, 3.63) is 0 Å². The first kappa shape index (κ1) is 10.9. The largest absolute Gasteiger partial charge is 0.480 e. The quantitative estimate of drug-likeness (QED) is 0.736. The van der Waals surface area contributed by atoms with Crippen LogP contribution in [0.15, 0.2) is 0 Å². The molecule has 4 heteroatoms. The fourth-order valence-corrected chi connectivity index (χ4v) is 2.73. The lowest BCUT2D eigenvalue weighted by atomic mass is 10.1. The van der Waals surface area contributed by atoms with Crippen LogP contribution in [0.1, 0.15) is 19.3 Å². The normalized spacial score (nSPS) is 28.7. The zero-order valence-electron chi connectivity index (χ0n) is 9.19. The molecule has 0 bridgehead atoms. The highest BCUT2D eigenvalue weighted by Crippen LogP contribution is 2.19. The lowest BCUT2D eigenvalue weighted by molar-refractivity contribution is -0.138. The molecule has 2 aliphatic heterocycles. The molecule has 2 saturated heterocycles. The molecule has 2 rings (SSSR count). The second-order valence-corrected chi connectivity index (χ2v) is 4.79. The summed E-state index contributed by atoms with van der Waals surface area (Å²) in [5.41, 5.74) is 0. The van der Waals surface area contributed by atoms with E-state index in [9.17, 15) is 4.79 Å². The lowest BCUT2D eigenvalue weighted by Gasteiger charge is -2.19. The van der Waals surface area contributed by atoms with Crippen molar-refractivity contribution < 1.29 is 9.90 Å². The van der Waals surface area contributed by atoms with Crippen LogP contribution in [0, 0.1) is 5.92 Å². The molecule has 0 aromatic carbocycles. The fourth-order valence-electron chi connectivity index (χ4n) is 2.73. The average molecular weight is 212 g/mol. The number of aliphatic carboxylic acids is 1. The minimum atomic E-state index is -0.697. The zero-order valence-corrected chi connectivity index (χ0v) is 9.19. The van der Waals surface area contributed by atoms with Gasteiger partial charge >= 0.3 is 5.97 Å². The molecule has 4 nitrogen and oxygen atoms in total. The summed E-state index contributed by atoms with van der Waals surface area (Å²) in [7, 11) is 0. The number of carboxylic acids is 1. The molecule has 0 spiro atoms. The third-order valence-electron chi connectivity index (χ3n) is 3.44. The van der Waals surface area contributed by atoms with Crippen LogP contribution in [-0.4, -0.2) is 60.1 Å². The molecule has 86 valence electrons. The Kier molecular flexibility index (Phi) is 3.59. The van der Waals surface area contributed by atoms with Gasteiger partial charge in [0.15, 0.2) is 0 Å². The number of carboxylic acid groups (broad SMARTS) is 1. The van der Waals surface area contributed by atoms with E-state index >= 15 is 0 Å². The maximum atomic E-state index is 10.6. The first-order valence-electron chi connectivity index (χ1n) is 5.90. The molecule has 1 N–H and O–H groups in total. The Morgan fingerprint density at radius 1 is 1.20 bits per heavy atom. The van der Waals surface area contributed by atoms with Gasteiger partial charge < -0.3 is 10.0 Å². The highest BCUT2D eigenvalue weighted by atomic mass is 16.4. The predicted molar refractivity (Wildman–Crippen MR) is 57.9 cm³/mol. The number of hydrogen-bond acceptors (Lipinski definition) is 3. The van der Waals surface area contributed by atoms with Crippen LogP contribution in [0.4, 0.5) is 0 Å². The summed E-state index contributed by atoms with van der Waals surface area (Å²) in [6, 6.07) is 0. The van der Waals surface area contributed by atoms with Crippen molar-refractivity contribution in [3.63, 3.8) is 0 Å². The first-order chi connectivity index (χ1) is 7.24. The van der Waals surface area contributed by atoms with E-state index in [1.54, 1.807) is 0 Å². The second-order valence-electron chi connectivity index (χ2n) is 4.79. The van der Waals surface area contributed by atoms with Crippen molar-refractivity contribution in [1.29, 1.82) is 0 Å². The minimum Gasteiger partial charge on any atom is -0.480 e. The van der Waals surface area contributed by atoms with Crippen LogP contribution in [0.25, 0.3) is 0 Å². The Bertz CT molecular complexity index is 227. The molecule has 2 heterocycles. The Balaban J connectivity index is 1.70. The molecule has 0 amide bonds. The molecule has 2 fully saturated rings. The summed E-state index contributed by atoms with van der Waals surface area (Å²) in [6.45, 7) is 5.82. The summed E-state index contributed by atoms with van der Waals surface area (Å²) < 4.78 is 0. The van der Waals surface area contributed by atoms with Crippen molar-refractivity contribution in [2.45, 2.75) is 19.3 Å². The summed E-state index contributed by atoms with van der Waals surface area (Å²) in [6.07, 6.45) is 3.85. The molecule has 2 aliphatic rings. The van der Waals surface area contributed by atoms with Gasteiger partial charge in [-0.05, 0) is 44.8 Å². The van der Waals surface area contributed by atoms with Crippen molar-refractivity contribution in [2.24, 2.45) is 5.92 Å². The summed E-state index contributed by atoms with van der Waals surface area (Å²) in [5.74, 6) is -0.000674. The number of rotatable bonds is 4. The molecule has 1 atom stereocenters. The van der Waals surface area contributed by atoms with Gasteiger partial charge in [0.1, 0.15) is 0 Å². The Morgan fingerprint density at radius 2 is 1.93 bits per heavy atom. The van der Waals surface area contributed by atoms with E-state index in [-0.39, 0.29) is 6.54 Å². The van der Waals surface area contributed by atoms with Crippen LogP contribution < -0.4 is 0 Å². The molecule has 1 unspecified atom stereocenters. The summed E-state index contributed by atoms with van der Waals surface area (Å²) in [5, 5.41) is 8.69. The van der Waals surface area contributed by atoms with Crippen LogP contribution in [0.5, 0.6) is 0 Å². The molecule has 0 radical (unpaired) electrons. The van der Waals surface area contributed by atoms with E-state index in [0.29, 0.717) is 5.92 Å². The number of nitrogens with zero attached hydrogens (tertiary/aromatic N) is 2. The van der Waals surface area contributed by atoms with Crippen molar-refractivity contribution in [2.75, 3.05) is 39.3 Å². The molecule has 15 heavy (non-hydrogen) atoms. The molecular formula is C11H20N2O2. The Labute approximate surface area is 90.9 Å². The van der Waals surface area contributed by atoms with Crippen molar-refractivity contribution in [3.8, 4) is 0 Å². The topological polar surface area (TPSA) is 43.8 Å². The van der Waals surface area contributed by atoms with E-state index in [0.717, 1.165) is 13.1 Å². The van der Waals surface area contributed by atoms with Gasteiger partial charge in [-0.25, -0.2) is 0 Å². The van der Waals surface area contributed by atoms with Crippen LogP contribution >= 0.6 is 0 Å². The highest BCUT2D eigenvalue weighted by molar-refractivity contribution is 5.69. The van der Waals surface area contributed by atoms with Crippen molar-refractivity contribution in [1.82, 2.24) is 9.80 Å². The third kappa shape index (κ3) is 3.18. The van der Waals surface area contributed by atoms with Gasteiger partial charge in [0.05, 0.1) is 6.54 Å². The Hall–Kier alpha value is -0.610. The van der Waals surface area contributed by atoms with Gasteiger partial charge in [-0.3, -0.25) is 9.69 Å². The smallest absolute Gasteiger partial charge is 0.317 e. The van der Waals surface area contributed by atoms with Crippen LogP contribution in [0.3, 0.4) is 0 Å². The lowest BCUT2D eigenvalue weighted by Crippen LogP contribution is -2.31. The van der Waals surface area contributed by atoms with Gasteiger partial charge in [0.25, 0.3) is 0 Å². The van der Waals surface area contributed by atoms with Gasteiger partial charge in [-0.2, -0.15) is 0 Å². The van der Waals surface area contributed by atoms with E-state index in [1.807, 2.05) is 0 Å². The molecule has 0 aromatic heterocycles. The number of carbonyl (C=O) groups is 1. The molecule has 0 aromatic rings. The maximum absolute atomic E-state index is 10.6. The number of hydrogen-bond donors (Lipinski definition) is 1. The van der Waals surface area contributed by atoms with Crippen LogP contribution in [-0.2, 0) is 4.79 Å². The number of likely N-dealkylation sites (tertiary alicyclic amines) is 2. The second kappa shape index (κ2) is 4.94. The zero-order chi connectivity index (χ0) is 10.7. The fraction of sp³-hybridized carbons (Fsp3) is 0.909. The first-order valence-corrected chi connectivity index (χ1v) is 5.90. The molecule has 0 aliphatic carbocycles. The van der Waals surface area contributed by atoms with Gasteiger partial charge in [-0.15, -0.1) is 0 Å². The van der Waals surface area contributed by atoms with Gasteiger partial charge in [0.2, 0.25) is 0 Å². The molecule has 0 saturated carbocycles. The van der Waals surface area contributed by atoms with Crippen LogP contribution in [0.2, 0.25) is 0 Å². The summed E-state index contributed by atoms with van der Waals surface area (Å²) >= 11 is 0. The minimum absolute atomic E-state index is 0.219. The Morgan fingerprint density at radius 3 is 2.60 bits per heavy atom. The monoisotopic (exact) mass is 212 g/mol. The predicted octanol–water partition coefficient (Wildman–Crippen LogP) is 0.489. The standard InChI is InChI=1S/C11H20N2O2/c14-11(15)9-13-6-3-10(8-13)7-12-4-1-2-5-12/h10H,1-9H2,(H,14,15). The van der Waals surface area contributed by atoms with E-state index in [4.69, 9.17) is 5.11 Å². The average Bonchev–Trinajstić information content (AvgIpc) is 2.77.